The summed E-state index contributed by atoms with van der Waals surface area (Å²) in [7, 11) is 0. The molecule has 0 aliphatic heterocycles. The van der Waals surface area contributed by atoms with Gasteiger partial charge in [0.2, 0.25) is 5.91 Å². The third-order valence-corrected chi connectivity index (χ3v) is 4.05. The Morgan fingerprint density at radius 3 is 2.56 bits per heavy atom. The minimum absolute atomic E-state index is 0.0709. The second-order valence-corrected chi connectivity index (χ2v) is 6.21. The first-order valence-electron chi connectivity index (χ1n) is 8.43. The van der Waals surface area contributed by atoms with Gasteiger partial charge in [-0.25, -0.2) is 4.98 Å². The number of benzene rings is 1. The molecule has 3 aromatic rings. The number of anilines is 1. The Balaban J connectivity index is 1.66. The molecular formula is C19H23N5O. The van der Waals surface area contributed by atoms with Gasteiger partial charge in [-0.2, -0.15) is 5.10 Å². The second kappa shape index (κ2) is 7.34. The molecule has 0 saturated carbocycles. The van der Waals surface area contributed by atoms with Crippen molar-refractivity contribution < 1.29 is 4.79 Å². The molecule has 0 spiro atoms. The number of amides is 1. The highest BCUT2D eigenvalue weighted by molar-refractivity contribution is 5.88. The van der Waals surface area contributed by atoms with E-state index in [4.69, 9.17) is 0 Å². The topological polar surface area (TPSA) is 64.7 Å². The zero-order valence-electron chi connectivity index (χ0n) is 14.9. The summed E-state index contributed by atoms with van der Waals surface area (Å²) in [5, 5.41) is 7.28. The van der Waals surface area contributed by atoms with Crippen LogP contribution in [0.2, 0.25) is 0 Å². The van der Waals surface area contributed by atoms with Gasteiger partial charge in [-0.3, -0.25) is 9.48 Å². The molecule has 130 valence electrons. The van der Waals surface area contributed by atoms with Gasteiger partial charge < -0.3 is 9.88 Å². The van der Waals surface area contributed by atoms with E-state index in [1.165, 1.54) is 12.6 Å². The summed E-state index contributed by atoms with van der Waals surface area (Å²) in [6.07, 6.45) is 4.80. The van der Waals surface area contributed by atoms with Gasteiger partial charge in [0.15, 0.2) is 0 Å². The third-order valence-electron chi connectivity index (χ3n) is 4.05. The van der Waals surface area contributed by atoms with Gasteiger partial charge >= 0.3 is 0 Å². The summed E-state index contributed by atoms with van der Waals surface area (Å²) in [6.45, 7) is 7.37. The maximum absolute atomic E-state index is 11.1. The number of nitrogens with one attached hydrogen (secondary N) is 1. The fourth-order valence-electron chi connectivity index (χ4n) is 2.95. The lowest BCUT2D eigenvalue weighted by Gasteiger charge is -2.10. The average Bonchev–Trinajstić information content (AvgIpc) is 3.14. The van der Waals surface area contributed by atoms with E-state index in [0.29, 0.717) is 0 Å². The second-order valence-electron chi connectivity index (χ2n) is 6.21. The number of aromatic nitrogens is 4. The minimum Gasteiger partial charge on any atom is -0.331 e. The molecule has 0 saturated heterocycles. The largest absolute Gasteiger partial charge is 0.331 e. The highest BCUT2D eigenvalue weighted by Crippen LogP contribution is 2.20. The standard InChI is InChI=1S/C19H23N5O/c1-14-13-15(2)24(22-14)11-4-10-23-12-9-20-19(23)17-5-7-18(8-6-17)21-16(3)25/h5-9,12-13H,4,10-11H2,1-3H3,(H,21,25). The Morgan fingerprint density at radius 2 is 1.92 bits per heavy atom. The van der Waals surface area contributed by atoms with Crippen molar-refractivity contribution in [3.05, 3.63) is 54.1 Å². The molecule has 25 heavy (non-hydrogen) atoms. The van der Waals surface area contributed by atoms with Crippen LogP contribution < -0.4 is 5.32 Å². The molecule has 0 unspecified atom stereocenters. The van der Waals surface area contributed by atoms with E-state index >= 15 is 0 Å². The lowest BCUT2D eigenvalue weighted by atomic mass is 10.2. The van der Waals surface area contributed by atoms with Gasteiger partial charge in [0.05, 0.1) is 5.69 Å². The van der Waals surface area contributed by atoms with Crippen LogP contribution in [-0.4, -0.2) is 25.2 Å². The van der Waals surface area contributed by atoms with Gasteiger partial charge in [-0.05, 0) is 50.6 Å². The number of imidazole rings is 1. The van der Waals surface area contributed by atoms with Crippen molar-refractivity contribution in [3.8, 4) is 11.4 Å². The maximum atomic E-state index is 11.1. The van der Waals surface area contributed by atoms with Gasteiger partial charge in [0.25, 0.3) is 0 Å². The van der Waals surface area contributed by atoms with Gasteiger partial charge in [0.1, 0.15) is 5.82 Å². The summed E-state index contributed by atoms with van der Waals surface area (Å²) >= 11 is 0. The molecule has 0 aliphatic carbocycles. The molecular weight excluding hydrogens is 314 g/mol. The van der Waals surface area contributed by atoms with Crippen LogP contribution in [-0.2, 0) is 17.9 Å². The molecule has 0 radical (unpaired) electrons. The van der Waals surface area contributed by atoms with Crippen LogP contribution in [0.4, 0.5) is 5.69 Å². The number of hydrogen-bond acceptors (Lipinski definition) is 3. The third kappa shape index (κ3) is 4.15. The van der Waals surface area contributed by atoms with Crippen LogP contribution in [0.15, 0.2) is 42.7 Å². The predicted molar refractivity (Wildman–Crippen MR) is 98.3 cm³/mol. The Bertz CT molecular complexity index is 860. The lowest BCUT2D eigenvalue weighted by molar-refractivity contribution is -0.114. The van der Waals surface area contributed by atoms with Crippen LogP contribution in [0.5, 0.6) is 0 Å². The predicted octanol–water partition coefficient (Wildman–Crippen LogP) is 3.41. The molecule has 0 bridgehead atoms. The number of nitrogens with zero attached hydrogens (tertiary/aromatic N) is 4. The summed E-state index contributed by atoms with van der Waals surface area (Å²) in [4.78, 5) is 15.6. The van der Waals surface area contributed by atoms with Crippen molar-refractivity contribution in [3.63, 3.8) is 0 Å². The summed E-state index contributed by atoms with van der Waals surface area (Å²) in [5.74, 6) is 0.862. The molecule has 1 aromatic carbocycles. The van der Waals surface area contributed by atoms with Crippen molar-refractivity contribution >= 4 is 11.6 Å². The van der Waals surface area contributed by atoms with E-state index in [1.54, 1.807) is 0 Å². The number of carbonyl (C=O) groups excluding carboxylic acids is 1. The molecule has 1 N–H and O–H groups in total. The number of carbonyl (C=O) groups is 1. The highest BCUT2D eigenvalue weighted by Gasteiger charge is 2.07. The normalized spacial score (nSPS) is 10.8. The smallest absolute Gasteiger partial charge is 0.221 e. The van der Waals surface area contributed by atoms with Crippen LogP contribution in [0.25, 0.3) is 11.4 Å². The lowest BCUT2D eigenvalue weighted by Crippen LogP contribution is -2.07. The van der Waals surface area contributed by atoms with Crippen molar-refractivity contribution in [1.82, 2.24) is 19.3 Å². The van der Waals surface area contributed by atoms with E-state index < -0.39 is 0 Å². The van der Waals surface area contributed by atoms with E-state index in [-0.39, 0.29) is 5.91 Å². The Labute approximate surface area is 147 Å². The molecule has 3 rings (SSSR count). The van der Waals surface area contributed by atoms with Crippen LogP contribution in [0.3, 0.4) is 0 Å². The summed E-state index contributed by atoms with van der Waals surface area (Å²) in [5.41, 5.74) is 4.07. The first kappa shape index (κ1) is 17.0. The monoisotopic (exact) mass is 337 g/mol. The van der Waals surface area contributed by atoms with Crippen molar-refractivity contribution in [2.45, 2.75) is 40.3 Å². The summed E-state index contributed by atoms with van der Waals surface area (Å²) < 4.78 is 4.20. The van der Waals surface area contributed by atoms with Gasteiger partial charge in [0, 0.05) is 49.4 Å². The van der Waals surface area contributed by atoms with E-state index in [1.807, 2.05) is 48.3 Å². The van der Waals surface area contributed by atoms with Crippen molar-refractivity contribution in [1.29, 1.82) is 0 Å². The fraction of sp³-hybridized carbons (Fsp3) is 0.316. The fourth-order valence-corrected chi connectivity index (χ4v) is 2.95. The van der Waals surface area contributed by atoms with E-state index in [2.05, 4.69) is 33.0 Å². The van der Waals surface area contributed by atoms with Gasteiger partial charge in [-0.15, -0.1) is 0 Å². The van der Waals surface area contributed by atoms with Crippen LogP contribution >= 0.6 is 0 Å². The molecule has 2 heterocycles. The maximum Gasteiger partial charge on any atom is 0.221 e. The molecule has 2 aromatic heterocycles. The van der Waals surface area contributed by atoms with Crippen molar-refractivity contribution in [2.24, 2.45) is 0 Å². The first-order chi connectivity index (χ1) is 12.0. The highest BCUT2D eigenvalue weighted by atomic mass is 16.1. The average molecular weight is 337 g/mol. The summed E-state index contributed by atoms with van der Waals surface area (Å²) in [6, 6.07) is 9.84. The SMILES string of the molecule is CC(=O)Nc1ccc(-c2nccn2CCCn2nc(C)cc2C)cc1. The first-order valence-corrected chi connectivity index (χ1v) is 8.43. The van der Waals surface area contributed by atoms with Gasteiger partial charge in [-0.1, -0.05) is 0 Å². The molecule has 6 heteroatoms. The molecule has 0 aliphatic rings. The minimum atomic E-state index is -0.0709. The van der Waals surface area contributed by atoms with Crippen LogP contribution in [0.1, 0.15) is 24.7 Å². The zero-order chi connectivity index (χ0) is 17.8. The van der Waals surface area contributed by atoms with E-state index in [0.717, 1.165) is 42.3 Å². The molecule has 0 fully saturated rings. The molecule has 6 nitrogen and oxygen atoms in total. The number of aryl methyl sites for hydroxylation is 4. The quantitative estimate of drug-likeness (QED) is 0.749. The van der Waals surface area contributed by atoms with E-state index in [9.17, 15) is 4.79 Å². The van der Waals surface area contributed by atoms with Crippen LogP contribution in [0, 0.1) is 13.8 Å². The molecule has 0 atom stereocenters. The Kier molecular flexibility index (Phi) is 4.97. The Hall–Kier alpha value is -2.89. The Morgan fingerprint density at radius 1 is 1.16 bits per heavy atom. The van der Waals surface area contributed by atoms with Crippen molar-refractivity contribution in [2.75, 3.05) is 5.32 Å². The number of rotatable bonds is 6. The number of hydrogen-bond donors (Lipinski definition) is 1. The zero-order valence-corrected chi connectivity index (χ0v) is 14.9. The molecule has 1 amide bonds.